The number of pyridine rings is 1. The molecule has 5 rings (SSSR count). The third-order valence-corrected chi connectivity index (χ3v) is 4.90. The van der Waals surface area contributed by atoms with Gasteiger partial charge in [0.1, 0.15) is 5.69 Å². The van der Waals surface area contributed by atoms with Crippen molar-refractivity contribution in [3.05, 3.63) is 95.7 Å². The van der Waals surface area contributed by atoms with Gasteiger partial charge >= 0.3 is 0 Å². The number of nitrogens with one attached hydrogen (secondary N) is 1. The number of para-hydroxylation sites is 1. The lowest BCUT2D eigenvalue weighted by Crippen LogP contribution is -2.20. The first-order valence-corrected chi connectivity index (χ1v) is 9.95. The van der Waals surface area contributed by atoms with Crippen molar-refractivity contribution >= 4 is 28.6 Å². The summed E-state index contributed by atoms with van der Waals surface area (Å²) in [5.41, 5.74) is 7.56. The van der Waals surface area contributed by atoms with Gasteiger partial charge in [-0.3, -0.25) is 5.43 Å². The van der Waals surface area contributed by atoms with Crippen molar-refractivity contribution in [1.29, 1.82) is 0 Å². The van der Waals surface area contributed by atoms with Gasteiger partial charge in [-0.15, -0.1) is 0 Å². The van der Waals surface area contributed by atoms with Crippen LogP contribution >= 0.6 is 0 Å². The van der Waals surface area contributed by atoms with Gasteiger partial charge in [-0.1, -0.05) is 42.0 Å². The molecule has 0 fully saturated rings. The van der Waals surface area contributed by atoms with E-state index in [1.807, 2.05) is 85.8 Å². The Hall–Kier alpha value is -4.19. The van der Waals surface area contributed by atoms with Crippen LogP contribution in [-0.2, 0) is 0 Å². The summed E-state index contributed by atoms with van der Waals surface area (Å²) in [5.74, 6) is 2.02. The maximum Gasteiger partial charge on any atom is 0.231 e. The lowest BCUT2D eigenvalue weighted by molar-refractivity contribution is 0.174. The monoisotopic (exact) mass is 408 g/mol. The van der Waals surface area contributed by atoms with E-state index in [-0.39, 0.29) is 6.79 Å². The topological polar surface area (TPSA) is 68.1 Å². The van der Waals surface area contributed by atoms with Gasteiger partial charge in [0.15, 0.2) is 17.3 Å². The van der Waals surface area contributed by atoms with E-state index < -0.39 is 0 Å². The smallest absolute Gasteiger partial charge is 0.231 e. The highest BCUT2D eigenvalue weighted by Gasteiger charge is 2.12. The molecule has 0 spiro atoms. The molecule has 1 aromatic heterocycles. The van der Waals surface area contributed by atoms with Crippen LogP contribution in [0.25, 0.3) is 10.9 Å². The van der Waals surface area contributed by atoms with E-state index >= 15 is 0 Å². The average molecular weight is 408 g/mol. The highest BCUT2D eigenvalue weighted by molar-refractivity contribution is 6.00. The Morgan fingerprint density at radius 2 is 1.77 bits per heavy atom. The van der Waals surface area contributed by atoms with Crippen molar-refractivity contribution in [2.45, 2.75) is 6.92 Å². The van der Waals surface area contributed by atoms with E-state index in [4.69, 9.17) is 19.5 Å². The molecular weight excluding hydrogens is 388 g/mol. The Bertz CT molecular complexity index is 1300. The second-order valence-corrected chi connectivity index (χ2v) is 7.17. The predicted molar refractivity (Wildman–Crippen MR) is 122 cm³/mol. The second kappa shape index (κ2) is 8.28. The number of rotatable bonds is 4. The molecular formula is C25H20N4O2. The average Bonchev–Trinajstić information content (AvgIpc) is 3.27. The molecule has 0 unspecified atom stereocenters. The first-order valence-electron chi connectivity index (χ1n) is 9.95. The molecule has 31 heavy (non-hydrogen) atoms. The second-order valence-electron chi connectivity index (χ2n) is 7.17. The van der Waals surface area contributed by atoms with E-state index in [9.17, 15) is 0 Å². The number of hydrogen-bond acceptors (Lipinski definition) is 5. The van der Waals surface area contributed by atoms with Crippen molar-refractivity contribution in [3.63, 3.8) is 0 Å². The van der Waals surface area contributed by atoms with Crippen LogP contribution < -0.4 is 14.9 Å². The molecule has 152 valence electrons. The standard InChI is InChI=1S/C25H20N4O2/c1-17-6-10-20(11-7-17)27-25(22-12-9-19-4-2-3-5-21(19)28-22)29-26-15-18-8-13-23-24(14-18)31-16-30-23/h2-15H,16H2,1H3,(H,27,29)/b26-15+. The summed E-state index contributed by atoms with van der Waals surface area (Å²) < 4.78 is 10.8. The third kappa shape index (κ3) is 4.23. The molecule has 0 radical (unpaired) electrons. The predicted octanol–water partition coefficient (Wildman–Crippen LogP) is 4.97. The Morgan fingerprint density at radius 1 is 0.935 bits per heavy atom. The Kier molecular flexibility index (Phi) is 5.02. The summed E-state index contributed by atoms with van der Waals surface area (Å²) in [6.07, 6.45) is 1.72. The SMILES string of the molecule is Cc1ccc(N=C(N/N=C/c2ccc3c(c2)OCO3)c2ccc3ccccc3n2)cc1. The number of hydrazone groups is 1. The largest absolute Gasteiger partial charge is 0.454 e. The van der Waals surface area contributed by atoms with Crippen LogP contribution in [0.3, 0.4) is 0 Å². The van der Waals surface area contributed by atoms with Crippen molar-refractivity contribution in [1.82, 2.24) is 10.4 Å². The van der Waals surface area contributed by atoms with E-state index in [0.29, 0.717) is 17.3 Å². The lowest BCUT2D eigenvalue weighted by Gasteiger charge is -2.07. The van der Waals surface area contributed by atoms with Gasteiger partial charge in [-0.2, -0.15) is 5.10 Å². The van der Waals surface area contributed by atoms with Gasteiger partial charge in [-0.25, -0.2) is 9.98 Å². The number of aromatic nitrogens is 1. The minimum Gasteiger partial charge on any atom is -0.454 e. The maximum absolute atomic E-state index is 5.43. The summed E-state index contributed by atoms with van der Waals surface area (Å²) in [6, 6.07) is 25.6. The van der Waals surface area contributed by atoms with Gasteiger partial charge in [0.2, 0.25) is 6.79 Å². The minimum absolute atomic E-state index is 0.245. The zero-order valence-electron chi connectivity index (χ0n) is 16.9. The molecule has 0 amide bonds. The fraction of sp³-hybridized carbons (Fsp3) is 0.0800. The fourth-order valence-corrected chi connectivity index (χ4v) is 3.25. The Balaban J connectivity index is 1.46. The van der Waals surface area contributed by atoms with Crippen LogP contribution in [0.2, 0.25) is 0 Å². The Labute approximate surface area is 179 Å². The van der Waals surface area contributed by atoms with Crippen LogP contribution in [0.4, 0.5) is 5.69 Å². The summed E-state index contributed by atoms with van der Waals surface area (Å²) in [5, 5.41) is 5.47. The van der Waals surface area contributed by atoms with E-state index in [2.05, 4.69) is 10.5 Å². The van der Waals surface area contributed by atoms with Crippen LogP contribution in [-0.4, -0.2) is 23.8 Å². The molecule has 6 heteroatoms. The molecule has 1 N–H and O–H groups in total. The molecule has 1 aliphatic rings. The summed E-state index contributed by atoms with van der Waals surface area (Å²) in [7, 11) is 0. The number of fused-ring (bicyclic) bond motifs is 2. The lowest BCUT2D eigenvalue weighted by atomic mass is 10.2. The first kappa shape index (κ1) is 18.8. The van der Waals surface area contributed by atoms with E-state index in [0.717, 1.165) is 27.9 Å². The van der Waals surface area contributed by atoms with Crippen molar-refractivity contribution < 1.29 is 9.47 Å². The maximum atomic E-state index is 5.43. The number of amidine groups is 1. The van der Waals surface area contributed by atoms with Gasteiger partial charge < -0.3 is 9.47 Å². The van der Waals surface area contributed by atoms with Crippen LogP contribution in [0.1, 0.15) is 16.8 Å². The molecule has 0 aliphatic carbocycles. The van der Waals surface area contributed by atoms with Crippen molar-refractivity contribution in [3.8, 4) is 11.5 Å². The molecule has 0 saturated heterocycles. The molecule has 6 nitrogen and oxygen atoms in total. The quantitative estimate of drug-likeness (QED) is 0.294. The summed E-state index contributed by atoms with van der Waals surface area (Å²) >= 11 is 0. The number of aliphatic imine (C=N–C) groups is 1. The summed E-state index contributed by atoms with van der Waals surface area (Å²) in [4.78, 5) is 9.51. The zero-order valence-corrected chi connectivity index (χ0v) is 16.9. The van der Waals surface area contributed by atoms with Crippen molar-refractivity contribution in [2.24, 2.45) is 10.1 Å². The normalized spacial score (nSPS) is 13.1. The fourth-order valence-electron chi connectivity index (χ4n) is 3.25. The Morgan fingerprint density at radius 3 is 2.68 bits per heavy atom. The molecule has 0 saturated carbocycles. The molecule has 2 heterocycles. The number of nitrogens with zero attached hydrogens (tertiary/aromatic N) is 3. The van der Waals surface area contributed by atoms with E-state index in [1.54, 1.807) is 6.21 Å². The number of hydrogen-bond donors (Lipinski definition) is 1. The van der Waals surface area contributed by atoms with Crippen LogP contribution in [0, 0.1) is 6.92 Å². The minimum atomic E-state index is 0.245. The van der Waals surface area contributed by atoms with E-state index in [1.165, 1.54) is 5.56 Å². The molecule has 0 atom stereocenters. The number of aryl methyl sites for hydroxylation is 1. The molecule has 4 aromatic rings. The summed E-state index contributed by atoms with van der Waals surface area (Å²) in [6.45, 7) is 2.29. The van der Waals surface area contributed by atoms with Gasteiger partial charge in [-0.05, 0) is 55.0 Å². The highest BCUT2D eigenvalue weighted by atomic mass is 16.7. The molecule has 1 aliphatic heterocycles. The van der Waals surface area contributed by atoms with Crippen LogP contribution in [0.15, 0.2) is 89.0 Å². The van der Waals surface area contributed by atoms with Gasteiger partial charge in [0.25, 0.3) is 0 Å². The third-order valence-electron chi connectivity index (χ3n) is 4.90. The van der Waals surface area contributed by atoms with Crippen LogP contribution in [0.5, 0.6) is 11.5 Å². The van der Waals surface area contributed by atoms with Gasteiger partial charge in [0, 0.05) is 5.39 Å². The van der Waals surface area contributed by atoms with Crippen molar-refractivity contribution in [2.75, 3.05) is 6.79 Å². The number of benzene rings is 3. The van der Waals surface area contributed by atoms with Gasteiger partial charge in [0.05, 0.1) is 17.4 Å². The number of ether oxygens (including phenoxy) is 2. The molecule has 0 bridgehead atoms. The first-order chi connectivity index (χ1) is 15.2. The highest BCUT2D eigenvalue weighted by Crippen LogP contribution is 2.32. The molecule has 3 aromatic carbocycles. The zero-order chi connectivity index (χ0) is 21.0.